The zero-order valence-electron chi connectivity index (χ0n) is 12.1. The van der Waals surface area contributed by atoms with Gasteiger partial charge in [-0.25, -0.2) is 0 Å². The molecular weight excluding hydrogens is 266 g/mol. The normalized spacial score (nSPS) is 21.8. The zero-order valence-corrected chi connectivity index (χ0v) is 12.1. The number of carbonyl (C=O) groups excluding carboxylic acids is 1. The molecule has 21 heavy (non-hydrogen) atoms. The molecule has 0 bridgehead atoms. The number of amides is 1. The van der Waals surface area contributed by atoms with Gasteiger partial charge in [0.05, 0.1) is 0 Å². The first-order valence-corrected chi connectivity index (χ1v) is 7.30. The minimum absolute atomic E-state index is 0.0409. The van der Waals surface area contributed by atoms with Gasteiger partial charge in [0.2, 0.25) is 0 Å². The number of carboxylic acid groups (broad SMARTS) is 1. The second-order valence-corrected chi connectivity index (χ2v) is 5.50. The van der Waals surface area contributed by atoms with Crippen LogP contribution in [0, 0.1) is 11.8 Å². The molecule has 4 heteroatoms. The molecule has 1 aliphatic rings. The van der Waals surface area contributed by atoms with Crippen LogP contribution in [0.4, 0.5) is 0 Å². The summed E-state index contributed by atoms with van der Waals surface area (Å²) in [4.78, 5) is 25.0. The summed E-state index contributed by atoms with van der Waals surface area (Å²) in [6, 6.07) is 9.25. The summed E-state index contributed by atoms with van der Waals surface area (Å²) < 4.78 is 0. The number of carbonyl (C=O) groups is 2. The Labute approximate surface area is 125 Å². The van der Waals surface area contributed by atoms with Gasteiger partial charge in [-0.15, -0.1) is 6.58 Å². The van der Waals surface area contributed by atoms with Crippen LogP contribution in [0.1, 0.15) is 29.6 Å². The molecule has 2 atom stereocenters. The lowest BCUT2D eigenvalue weighted by molar-refractivity contribution is -0.137. The molecule has 1 fully saturated rings. The summed E-state index contributed by atoms with van der Waals surface area (Å²) >= 11 is 0. The Morgan fingerprint density at radius 2 is 2.05 bits per heavy atom. The third kappa shape index (κ3) is 3.94. The van der Waals surface area contributed by atoms with Crippen LogP contribution in [-0.2, 0) is 4.79 Å². The van der Waals surface area contributed by atoms with E-state index < -0.39 is 5.97 Å². The molecule has 0 unspecified atom stereocenters. The smallest absolute Gasteiger partial charge is 0.303 e. The zero-order chi connectivity index (χ0) is 15.2. The van der Waals surface area contributed by atoms with Crippen molar-refractivity contribution in [3.05, 3.63) is 48.6 Å². The first-order valence-electron chi connectivity index (χ1n) is 7.30. The number of aliphatic carboxylic acids is 1. The molecular formula is C17H21NO3. The fourth-order valence-electron chi connectivity index (χ4n) is 2.91. The number of benzene rings is 1. The summed E-state index contributed by atoms with van der Waals surface area (Å²) in [6.45, 7) is 5.15. The van der Waals surface area contributed by atoms with E-state index in [9.17, 15) is 9.59 Å². The molecule has 112 valence electrons. The van der Waals surface area contributed by atoms with Crippen LogP contribution < -0.4 is 0 Å². The van der Waals surface area contributed by atoms with Gasteiger partial charge in [-0.2, -0.15) is 0 Å². The van der Waals surface area contributed by atoms with Crippen molar-refractivity contribution in [3.63, 3.8) is 0 Å². The highest BCUT2D eigenvalue weighted by atomic mass is 16.4. The van der Waals surface area contributed by atoms with Crippen molar-refractivity contribution in [2.24, 2.45) is 11.8 Å². The van der Waals surface area contributed by atoms with Crippen molar-refractivity contribution in [3.8, 4) is 0 Å². The summed E-state index contributed by atoms with van der Waals surface area (Å²) in [5, 5.41) is 8.80. The van der Waals surface area contributed by atoms with Gasteiger partial charge in [-0.05, 0) is 36.8 Å². The highest BCUT2D eigenvalue weighted by Crippen LogP contribution is 2.29. The lowest BCUT2D eigenvalue weighted by atomic mass is 9.82. The molecule has 1 N–H and O–H groups in total. The van der Waals surface area contributed by atoms with Gasteiger partial charge in [-0.3, -0.25) is 9.59 Å². The van der Waals surface area contributed by atoms with Crippen molar-refractivity contribution in [2.75, 3.05) is 13.1 Å². The number of hydrogen-bond donors (Lipinski definition) is 1. The lowest BCUT2D eigenvalue weighted by Crippen LogP contribution is -2.43. The Bertz CT molecular complexity index is 512. The Kier molecular flexibility index (Phi) is 5.14. The largest absolute Gasteiger partial charge is 0.481 e. The fraction of sp³-hybridized carbons (Fsp3) is 0.412. The minimum Gasteiger partial charge on any atom is -0.481 e. The molecule has 0 aliphatic carbocycles. The van der Waals surface area contributed by atoms with E-state index in [1.54, 1.807) is 0 Å². The maximum Gasteiger partial charge on any atom is 0.303 e. The van der Waals surface area contributed by atoms with Crippen LogP contribution in [0.3, 0.4) is 0 Å². The van der Waals surface area contributed by atoms with E-state index in [2.05, 4.69) is 6.58 Å². The van der Waals surface area contributed by atoms with E-state index in [1.807, 2.05) is 41.3 Å². The lowest BCUT2D eigenvalue weighted by Gasteiger charge is -2.37. The van der Waals surface area contributed by atoms with Crippen LogP contribution in [0.5, 0.6) is 0 Å². The number of piperidine rings is 1. The Hall–Kier alpha value is -2.10. The number of rotatable bonds is 5. The van der Waals surface area contributed by atoms with E-state index in [0.29, 0.717) is 31.0 Å². The van der Waals surface area contributed by atoms with Crippen molar-refractivity contribution < 1.29 is 14.7 Å². The van der Waals surface area contributed by atoms with E-state index in [1.165, 1.54) is 0 Å². The number of likely N-dealkylation sites (tertiary alicyclic amines) is 1. The van der Waals surface area contributed by atoms with E-state index >= 15 is 0 Å². The van der Waals surface area contributed by atoms with Crippen LogP contribution in [-0.4, -0.2) is 35.0 Å². The van der Waals surface area contributed by atoms with E-state index in [-0.39, 0.29) is 18.2 Å². The minimum atomic E-state index is -0.763. The van der Waals surface area contributed by atoms with E-state index in [4.69, 9.17) is 5.11 Å². The topological polar surface area (TPSA) is 57.6 Å². The molecule has 0 aromatic heterocycles. The van der Waals surface area contributed by atoms with Crippen LogP contribution in [0.25, 0.3) is 0 Å². The van der Waals surface area contributed by atoms with Crippen molar-refractivity contribution in [2.45, 2.75) is 19.3 Å². The molecule has 1 saturated heterocycles. The summed E-state index contributed by atoms with van der Waals surface area (Å²) in [6.07, 6.45) is 3.53. The van der Waals surface area contributed by atoms with Gasteiger partial charge in [0.1, 0.15) is 0 Å². The first kappa shape index (κ1) is 15.3. The molecule has 1 amide bonds. The van der Waals surface area contributed by atoms with Gasteiger partial charge < -0.3 is 10.0 Å². The quantitative estimate of drug-likeness (QED) is 0.847. The second-order valence-electron chi connectivity index (χ2n) is 5.50. The maximum absolute atomic E-state index is 12.4. The van der Waals surface area contributed by atoms with Gasteiger partial charge >= 0.3 is 5.97 Å². The molecule has 0 spiro atoms. The van der Waals surface area contributed by atoms with Gasteiger partial charge in [-0.1, -0.05) is 24.3 Å². The molecule has 1 aromatic rings. The van der Waals surface area contributed by atoms with Gasteiger partial charge in [0, 0.05) is 25.1 Å². The molecule has 1 heterocycles. The third-order valence-corrected chi connectivity index (χ3v) is 4.15. The predicted octanol–water partition coefficient (Wildman–Crippen LogP) is 2.82. The predicted molar refractivity (Wildman–Crippen MR) is 81.0 cm³/mol. The molecule has 0 saturated carbocycles. The SMILES string of the molecule is C=C[C@H]1CN(C(=O)c2ccccc2)CC[C@H]1CCC(=O)O. The van der Waals surface area contributed by atoms with Crippen molar-refractivity contribution in [1.82, 2.24) is 4.90 Å². The highest BCUT2D eigenvalue weighted by Gasteiger charge is 2.30. The average Bonchev–Trinajstić information content (AvgIpc) is 2.52. The summed E-state index contributed by atoms with van der Waals surface area (Å²) in [5.41, 5.74) is 0.698. The molecule has 1 aliphatic heterocycles. The number of hydrogen-bond acceptors (Lipinski definition) is 2. The van der Waals surface area contributed by atoms with Crippen molar-refractivity contribution in [1.29, 1.82) is 0 Å². The number of carboxylic acids is 1. The fourth-order valence-corrected chi connectivity index (χ4v) is 2.91. The molecule has 1 aromatic carbocycles. The van der Waals surface area contributed by atoms with Crippen LogP contribution >= 0.6 is 0 Å². The Morgan fingerprint density at radius 3 is 2.67 bits per heavy atom. The van der Waals surface area contributed by atoms with Crippen molar-refractivity contribution >= 4 is 11.9 Å². The number of nitrogens with zero attached hydrogens (tertiary/aromatic N) is 1. The highest BCUT2D eigenvalue weighted by molar-refractivity contribution is 5.94. The monoisotopic (exact) mass is 287 g/mol. The van der Waals surface area contributed by atoms with Gasteiger partial charge in [0.15, 0.2) is 0 Å². The summed E-state index contributed by atoms with van der Waals surface area (Å²) in [5.74, 6) is -0.246. The Morgan fingerprint density at radius 1 is 1.33 bits per heavy atom. The first-order chi connectivity index (χ1) is 10.1. The van der Waals surface area contributed by atoms with E-state index in [0.717, 1.165) is 6.42 Å². The second kappa shape index (κ2) is 7.07. The molecule has 4 nitrogen and oxygen atoms in total. The van der Waals surface area contributed by atoms with Crippen LogP contribution in [0.15, 0.2) is 43.0 Å². The Balaban J connectivity index is 1.99. The standard InChI is InChI=1S/C17H21NO3/c1-2-13-12-18(11-10-14(13)8-9-16(19)20)17(21)15-6-4-3-5-7-15/h2-7,13-14H,1,8-12H2,(H,19,20)/t13-,14+/m0/s1. The molecule has 2 rings (SSSR count). The average molecular weight is 287 g/mol. The third-order valence-electron chi connectivity index (χ3n) is 4.15. The summed E-state index contributed by atoms with van der Waals surface area (Å²) in [7, 11) is 0. The van der Waals surface area contributed by atoms with Gasteiger partial charge in [0.25, 0.3) is 5.91 Å². The molecule has 0 radical (unpaired) electrons. The maximum atomic E-state index is 12.4. The van der Waals surface area contributed by atoms with Crippen LogP contribution in [0.2, 0.25) is 0 Å².